The molecule has 0 fully saturated rings. The molecule has 0 aliphatic heterocycles. The van der Waals surface area contributed by atoms with Gasteiger partial charge in [0.05, 0.1) is 13.7 Å². The summed E-state index contributed by atoms with van der Waals surface area (Å²) in [4.78, 5) is 16.5. The zero-order chi connectivity index (χ0) is 19.2. The van der Waals surface area contributed by atoms with Crippen LogP contribution in [0.5, 0.6) is 11.5 Å². The highest BCUT2D eigenvalue weighted by Crippen LogP contribution is 2.21. The summed E-state index contributed by atoms with van der Waals surface area (Å²) in [7, 11) is 1.57. The number of aromatic nitrogens is 2. The molecule has 2 aromatic carbocycles. The lowest BCUT2D eigenvalue weighted by Gasteiger charge is -2.14. The molecule has 140 valence electrons. The maximum absolute atomic E-state index is 12.2. The van der Waals surface area contributed by atoms with Crippen LogP contribution in [0.1, 0.15) is 12.8 Å². The maximum Gasteiger partial charge on any atom is 0.261 e. The van der Waals surface area contributed by atoms with Crippen LogP contribution in [0.15, 0.2) is 57.5 Å². The predicted molar refractivity (Wildman–Crippen MR) is 102 cm³/mol. The van der Waals surface area contributed by atoms with Gasteiger partial charge in [0.1, 0.15) is 11.5 Å². The molecule has 1 N–H and O–H groups in total. The molecule has 1 amide bonds. The molecule has 0 saturated heterocycles. The molecular formula is C19H18BrN3O4. The first kappa shape index (κ1) is 18.9. The van der Waals surface area contributed by atoms with Crippen molar-refractivity contribution >= 4 is 21.8 Å². The van der Waals surface area contributed by atoms with Crippen molar-refractivity contribution in [1.29, 1.82) is 0 Å². The van der Waals surface area contributed by atoms with Crippen molar-refractivity contribution in [2.75, 3.05) is 7.11 Å². The molecule has 27 heavy (non-hydrogen) atoms. The third kappa shape index (κ3) is 5.07. The molecule has 0 aliphatic rings. The second-order valence-corrected chi connectivity index (χ2v) is 6.59. The Kier molecular flexibility index (Phi) is 6.08. The van der Waals surface area contributed by atoms with E-state index >= 15 is 0 Å². The number of halogens is 1. The Morgan fingerprint density at radius 2 is 2.00 bits per heavy atom. The van der Waals surface area contributed by atoms with E-state index < -0.39 is 6.10 Å². The predicted octanol–water partition coefficient (Wildman–Crippen LogP) is 3.59. The minimum Gasteiger partial charge on any atom is -0.497 e. The van der Waals surface area contributed by atoms with Crippen LogP contribution in [0.25, 0.3) is 11.4 Å². The molecule has 1 unspecified atom stereocenters. The van der Waals surface area contributed by atoms with Gasteiger partial charge in [0.25, 0.3) is 5.91 Å². The van der Waals surface area contributed by atoms with E-state index in [0.29, 0.717) is 23.2 Å². The molecular weight excluding hydrogens is 414 g/mol. The summed E-state index contributed by atoms with van der Waals surface area (Å²) in [6.07, 6.45) is -0.690. The fourth-order valence-corrected chi connectivity index (χ4v) is 2.71. The SMILES string of the molecule is COc1cccc(OC(C)C(=O)NCc2nc(-c3cccc(Br)c3)no2)c1. The lowest BCUT2D eigenvalue weighted by Crippen LogP contribution is -2.36. The lowest BCUT2D eigenvalue weighted by molar-refractivity contribution is -0.127. The third-order valence-corrected chi connectivity index (χ3v) is 4.18. The number of rotatable bonds is 7. The molecule has 3 rings (SSSR count). The van der Waals surface area contributed by atoms with E-state index in [0.717, 1.165) is 10.0 Å². The van der Waals surface area contributed by atoms with Gasteiger partial charge in [0.2, 0.25) is 11.7 Å². The van der Waals surface area contributed by atoms with E-state index in [1.165, 1.54) is 0 Å². The highest BCUT2D eigenvalue weighted by atomic mass is 79.9. The zero-order valence-corrected chi connectivity index (χ0v) is 16.4. The largest absolute Gasteiger partial charge is 0.497 e. The third-order valence-electron chi connectivity index (χ3n) is 3.69. The minimum atomic E-state index is -0.690. The Bertz CT molecular complexity index is 929. The summed E-state index contributed by atoms with van der Waals surface area (Å²) in [6, 6.07) is 14.6. The number of amides is 1. The first-order valence-electron chi connectivity index (χ1n) is 8.22. The quantitative estimate of drug-likeness (QED) is 0.614. The van der Waals surface area contributed by atoms with Crippen molar-refractivity contribution in [1.82, 2.24) is 15.5 Å². The fourth-order valence-electron chi connectivity index (χ4n) is 2.31. The summed E-state index contributed by atoms with van der Waals surface area (Å²) < 4.78 is 16.9. The van der Waals surface area contributed by atoms with Crippen LogP contribution in [0.2, 0.25) is 0 Å². The maximum atomic E-state index is 12.2. The van der Waals surface area contributed by atoms with Crippen LogP contribution in [0, 0.1) is 0 Å². The van der Waals surface area contributed by atoms with E-state index in [2.05, 4.69) is 31.4 Å². The average molecular weight is 432 g/mol. The van der Waals surface area contributed by atoms with E-state index in [9.17, 15) is 4.79 Å². The number of ether oxygens (including phenoxy) is 2. The van der Waals surface area contributed by atoms with Crippen LogP contribution in [-0.4, -0.2) is 29.3 Å². The number of hydrogen-bond acceptors (Lipinski definition) is 6. The number of carbonyl (C=O) groups excluding carboxylic acids is 1. The Hall–Kier alpha value is -2.87. The molecule has 8 heteroatoms. The standard InChI is InChI=1S/C19H18BrN3O4/c1-12(26-16-8-4-7-15(10-16)25-2)19(24)21-11-17-22-18(23-27-17)13-5-3-6-14(20)9-13/h3-10,12H,11H2,1-2H3,(H,21,24). The first-order valence-corrected chi connectivity index (χ1v) is 9.01. The second kappa shape index (κ2) is 8.68. The van der Waals surface area contributed by atoms with Gasteiger partial charge in [-0.15, -0.1) is 0 Å². The molecule has 1 atom stereocenters. The van der Waals surface area contributed by atoms with Gasteiger partial charge in [-0.25, -0.2) is 0 Å². The Morgan fingerprint density at radius 1 is 1.22 bits per heavy atom. The molecule has 0 radical (unpaired) electrons. The summed E-state index contributed by atoms with van der Waals surface area (Å²) in [5, 5.41) is 6.66. The summed E-state index contributed by atoms with van der Waals surface area (Å²) in [5.74, 6) is 1.69. The number of hydrogen-bond donors (Lipinski definition) is 1. The van der Waals surface area contributed by atoms with Crippen LogP contribution in [0.4, 0.5) is 0 Å². The number of carbonyl (C=O) groups is 1. The highest BCUT2D eigenvalue weighted by Gasteiger charge is 2.16. The molecule has 0 bridgehead atoms. The van der Waals surface area contributed by atoms with Gasteiger partial charge < -0.3 is 19.3 Å². The smallest absolute Gasteiger partial charge is 0.261 e. The van der Waals surface area contributed by atoms with Gasteiger partial charge in [-0.2, -0.15) is 4.98 Å². The molecule has 7 nitrogen and oxygen atoms in total. The second-order valence-electron chi connectivity index (χ2n) is 5.68. The number of nitrogens with one attached hydrogen (secondary N) is 1. The van der Waals surface area contributed by atoms with Gasteiger partial charge in [-0.3, -0.25) is 4.79 Å². The van der Waals surface area contributed by atoms with E-state index in [1.54, 1.807) is 38.3 Å². The Morgan fingerprint density at radius 3 is 2.78 bits per heavy atom. The van der Waals surface area contributed by atoms with Gasteiger partial charge in [-0.05, 0) is 31.2 Å². The van der Waals surface area contributed by atoms with Crippen LogP contribution in [-0.2, 0) is 11.3 Å². The van der Waals surface area contributed by atoms with Crippen LogP contribution >= 0.6 is 15.9 Å². The average Bonchev–Trinajstić information content (AvgIpc) is 3.15. The van der Waals surface area contributed by atoms with Crippen molar-refractivity contribution in [2.24, 2.45) is 0 Å². The van der Waals surface area contributed by atoms with Crippen molar-refractivity contribution in [3.8, 4) is 22.9 Å². The monoisotopic (exact) mass is 431 g/mol. The van der Waals surface area contributed by atoms with Gasteiger partial charge in [0, 0.05) is 16.1 Å². The van der Waals surface area contributed by atoms with Crippen molar-refractivity contribution < 1.29 is 18.8 Å². The first-order chi connectivity index (χ1) is 13.0. The van der Waals surface area contributed by atoms with Gasteiger partial charge in [0.15, 0.2) is 6.10 Å². The zero-order valence-electron chi connectivity index (χ0n) is 14.8. The van der Waals surface area contributed by atoms with Crippen molar-refractivity contribution in [2.45, 2.75) is 19.6 Å². The lowest BCUT2D eigenvalue weighted by atomic mass is 10.2. The minimum absolute atomic E-state index is 0.117. The molecule has 3 aromatic rings. The highest BCUT2D eigenvalue weighted by molar-refractivity contribution is 9.10. The van der Waals surface area contributed by atoms with Crippen molar-refractivity contribution in [3.05, 3.63) is 58.9 Å². The summed E-state index contributed by atoms with van der Waals surface area (Å²) in [5.41, 5.74) is 0.820. The van der Waals surface area contributed by atoms with E-state index in [1.807, 2.05) is 24.3 Å². The molecule has 0 spiro atoms. The molecule has 1 heterocycles. The Balaban J connectivity index is 1.55. The Labute approximate surface area is 164 Å². The molecule has 1 aromatic heterocycles. The fraction of sp³-hybridized carbons (Fsp3) is 0.211. The number of nitrogens with zero attached hydrogens (tertiary/aromatic N) is 2. The van der Waals surface area contributed by atoms with Gasteiger partial charge >= 0.3 is 0 Å². The number of methoxy groups -OCH3 is 1. The summed E-state index contributed by atoms with van der Waals surface area (Å²) >= 11 is 3.40. The van der Waals surface area contributed by atoms with Crippen LogP contribution in [0.3, 0.4) is 0 Å². The number of benzene rings is 2. The van der Waals surface area contributed by atoms with Crippen molar-refractivity contribution in [3.63, 3.8) is 0 Å². The van der Waals surface area contributed by atoms with Gasteiger partial charge in [-0.1, -0.05) is 39.3 Å². The normalized spacial score (nSPS) is 11.7. The molecule has 0 saturated carbocycles. The molecule has 0 aliphatic carbocycles. The topological polar surface area (TPSA) is 86.5 Å². The van der Waals surface area contributed by atoms with E-state index in [4.69, 9.17) is 14.0 Å². The van der Waals surface area contributed by atoms with E-state index in [-0.39, 0.29) is 12.5 Å². The summed E-state index contributed by atoms with van der Waals surface area (Å²) in [6.45, 7) is 1.78. The van der Waals surface area contributed by atoms with Crippen LogP contribution < -0.4 is 14.8 Å².